The Balaban J connectivity index is 1.99. The van der Waals surface area contributed by atoms with Crippen LogP contribution in [-0.4, -0.2) is 18.7 Å². The Morgan fingerprint density at radius 2 is 1.88 bits per heavy atom. The van der Waals surface area contributed by atoms with Crippen molar-refractivity contribution < 1.29 is 18.7 Å². The van der Waals surface area contributed by atoms with Crippen molar-refractivity contribution in [2.24, 2.45) is 0 Å². The van der Waals surface area contributed by atoms with E-state index in [0.717, 1.165) is 16.5 Å². The molecule has 0 bridgehead atoms. The fourth-order valence-electron chi connectivity index (χ4n) is 2.60. The molecule has 6 heteroatoms. The Hall–Kier alpha value is -2.79. The number of esters is 1. The topological polar surface area (TPSA) is 65.7 Å². The third-order valence-electron chi connectivity index (χ3n) is 3.80. The molecule has 134 valence electrons. The molecule has 1 heterocycles. The van der Waals surface area contributed by atoms with E-state index in [1.807, 2.05) is 12.1 Å². The van der Waals surface area contributed by atoms with Gasteiger partial charge in [-0.05, 0) is 49.2 Å². The maximum absolute atomic E-state index is 12.0. The van der Waals surface area contributed by atoms with Crippen LogP contribution in [-0.2, 0) is 9.53 Å². The molecule has 1 aromatic heterocycles. The zero-order valence-corrected chi connectivity index (χ0v) is 15.1. The van der Waals surface area contributed by atoms with Crippen LogP contribution in [0.5, 0.6) is 5.75 Å². The second-order valence-electron chi connectivity index (χ2n) is 5.66. The van der Waals surface area contributed by atoms with Crippen LogP contribution in [0, 0.1) is 0 Å². The number of halogens is 1. The average molecular weight is 373 g/mol. The molecule has 26 heavy (non-hydrogen) atoms. The van der Waals surface area contributed by atoms with Crippen LogP contribution in [0.4, 0.5) is 0 Å². The SMILES string of the molecule is CCOC(=O)C(C)Oc1ccc2c(-c3ccc(Cl)cc3)cc(=O)oc2c1. The molecule has 5 nitrogen and oxygen atoms in total. The van der Waals surface area contributed by atoms with Crippen LogP contribution in [0.25, 0.3) is 22.1 Å². The zero-order chi connectivity index (χ0) is 18.7. The first-order valence-corrected chi connectivity index (χ1v) is 8.53. The highest BCUT2D eigenvalue weighted by molar-refractivity contribution is 6.30. The van der Waals surface area contributed by atoms with Gasteiger partial charge in [0.25, 0.3) is 0 Å². The Kier molecular flexibility index (Phi) is 5.28. The molecular formula is C20H17ClO5. The highest BCUT2D eigenvalue weighted by Gasteiger charge is 2.16. The number of hydrogen-bond donors (Lipinski definition) is 0. The van der Waals surface area contributed by atoms with E-state index in [1.165, 1.54) is 6.07 Å². The molecular weight excluding hydrogens is 356 g/mol. The molecule has 3 aromatic rings. The standard InChI is InChI=1S/C20H17ClO5/c1-3-24-20(23)12(2)25-15-8-9-16-17(11-19(22)26-18(16)10-15)13-4-6-14(21)7-5-13/h4-12H,3H2,1-2H3. The van der Waals surface area contributed by atoms with Gasteiger partial charge in [0.05, 0.1) is 6.61 Å². The van der Waals surface area contributed by atoms with Crippen molar-refractivity contribution in [3.05, 3.63) is 64.0 Å². The van der Waals surface area contributed by atoms with Crippen molar-refractivity contribution in [2.75, 3.05) is 6.61 Å². The molecule has 0 fully saturated rings. The number of fused-ring (bicyclic) bond motifs is 1. The second-order valence-corrected chi connectivity index (χ2v) is 6.09. The van der Waals surface area contributed by atoms with Crippen LogP contribution >= 0.6 is 11.6 Å². The average Bonchev–Trinajstić information content (AvgIpc) is 2.61. The largest absolute Gasteiger partial charge is 0.479 e. The molecule has 0 saturated carbocycles. The van der Waals surface area contributed by atoms with Crippen LogP contribution in [0.1, 0.15) is 13.8 Å². The summed E-state index contributed by atoms with van der Waals surface area (Å²) >= 11 is 5.93. The van der Waals surface area contributed by atoms with E-state index in [-0.39, 0.29) is 6.61 Å². The van der Waals surface area contributed by atoms with Gasteiger partial charge >= 0.3 is 11.6 Å². The number of ether oxygens (including phenoxy) is 2. The summed E-state index contributed by atoms with van der Waals surface area (Å²) in [5.41, 5.74) is 1.48. The van der Waals surface area contributed by atoms with E-state index in [0.29, 0.717) is 16.4 Å². The monoisotopic (exact) mass is 372 g/mol. The summed E-state index contributed by atoms with van der Waals surface area (Å²) in [5, 5.41) is 1.37. The van der Waals surface area contributed by atoms with E-state index >= 15 is 0 Å². The van der Waals surface area contributed by atoms with Crippen LogP contribution in [0.2, 0.25) is 5.02 Å². The van der Waals surface area contributed by atoms with E-state index in [2.05, 4.69) is 0 Å². The maximum atomic E-state index is 12.0. The Morgan fingerprint density at radius 1 is 1.15 bits per heavy atom. The molecule has 0 aliphatic carbocycles. The lowest BCUT2D eigenvalue weighted by atomic mass is 10.0. The molecule has 0 aliphatic rings. The van der Waals surface area contributed by atoms with Crippen LogP contribution in [0.15, 0.2) is 57.7 Å². The van der Waals surface area contributed by atoms with Gasteiger partial charge in [-0.15, -0.1) is 0 Å². The summed E-state index contributed by atoms with van der Waals surface area (Å²) in [6, 6.07) is 13.7. The van der Waals surface area contributed by atoms with Crippen LogP contribution in [0.3, 0.4) is 0 Å². The quantitative estimate of drug-likeness (QED) is 0.489. The molecule has 3 rings (SSSR count). The smallest absolute Gasteiger partial charge is 0.347 e. The predicted octanol–water partition coefficient (Wildman–Crippen LogP) is 4.44. The summed E-state index contributed by atoms with van der Waals surface area (Å²) in [6.45, 7) is 3.61. The lowest BCUT2D eigenvalue weighted by molar-refractivity contribution is -0.150. The predicted molar refractivity (Wildman–Crippen MR) is 99.7 cm³/mol. The van der Waals surface area contributed by atoms with Gasteiger partial charge in [0, 0.05) is 22.5 Å². The molecule has 1 unspecified atom stereocenters. The highest BCUT2D eigenvalue weighted by Crippen LogP contribution is 2.30. The molecule has 1 atom stereocenters. The Bertz CT molecular complexity index is 991. The van der Waals surface area contributed by atoms with Gasteiger partial charge in [-0.2, -0.15) is 0 Å². The third kappa shape index (κ3) is 3.89. The highest BCUT2D eigenvalue weighted by atomic mass is 35.5. The first-order valence-electron chi connectivity index (χ1n) is 8.15. The molecule has 0 N–H and O–H groups in total. The van der Waals surface area contributed by atoms with E-state index in [1.54, 1.807) is 44.2 Å². The van der Waals surface area contributed by atoms with E-state index in [4.69, 9.17) is 25.5 Å². The molecule has 0 aliphatic heterocycles. The minimum absolute atomic E-state index is 0.281. The Labute approximate surface area is 155 Å². The van der Waals surface area contributed by atoms with Crippen molar-refractivity contribution in [3.8, 4) is 16.9 Å². The molecule has 0 amide bonds. The maximum Gasteiger partial charge on any atom is 0.347 e. The van der Waals surface area contributed by atoms with Gasteiger partial charge in [-0.1, -0.05) is 23.7 Å². The zero-order valence-electron chi connectivity index (χ0n) is 14.3. The lowest BCUT2D eigenvalue weighted by Gasteiger charge is -2.14. The second kappa shape index (κ2) is 7.62. The van der Waals surface area contributed by atoms with Crippen molar-refractivity contribution in [2.45, 2.75) is 20.0 Å². The number of benzene rings is 2. The number of carbonyl (C=O) groups excluding carboxylic acids is 1. The van der Waals surface area contributed by atoms with Gasteiger partial charge in [0.2, 0.25) is 0 Å². The van der Waals surface area contributed by atoms with E-state index in [9.17, 15) is 9.59 Å². The normalized spacial score (nSPS) is 12.0. The van der Waals surface area contributed by atoms with Crippen molar-refractivity contribution in [1.82, 2.24) is 0 Å². The van der Waals surface area contributed by atoms with Crippen molar-refractivity contribution >= 4 is 28.5 Å². The fraction of sp³-hybridized carbons (Fsp3) is 0.200. The first kappa shape index (κ1) is 18.0. The fourth-order valence-corrected chi connectivity index (χ4v) is 2.72. The van der Waals surface area contributed by atoms with Gasteiger partial charge in [-0.25, -0.2) is 9.59 Å². The minimum atomic E-state index is -0.765. The summed E-state index contributed by atoms with van der Waals surface area (Å²) in [4.78, 5) is 23.7. The number of carbonyl (C=O) groups is 1. The summed E-state index contributed by atoms with van der Waals surface area (Å²) in [7, 11) is 0. The summed E-state index contributed by atoms with van der Waals surface area (Å²) in [6.07, 6.45) is -0.765. The molecule has 0 saturated heterocycles. The number of rotatable bonds is 5. The van der Waals surface area contributed by atoms with Gasteiger partial charge in [-0.3, -0.25) is 0 Å². The number of hydrogen-bond acceptors (Lipinski definition) is 5. The molecule has 0 radical (unpaired) electrons. The van der Waals surface area contributed by atoms with Crippen molar-refractivity contribution in [3.63, 3.8) is 0 Å². The third-order valence-corrected chi connectivity index (χ3v) is 4.05. The minimum Gasteiger partial charge on any atom is -0.479 e. The summed E-state index contributed by atoms with van der Waals surface area (Å²) in [5.74, 6) is -0.0431. The van der Waals surface area contributed by atoms with Crippen LogP contribution < -0.4 is 10.4 Å². The summed E-state index contributed by atoms with van der Waals surface area (Å²) < 4.78 is 15.8. The van der Waals surface area contributed by atoms with Gasteiger partial charge in [0.1, 0.15) is 11.3 Å². The van der Waals surface area contributed by atoms with Gasteiger partial charge in [0.15, 0.2) is 6.10 Å². The molecule has 0 spiro atoms. The Morgan fingerprint density at radius 3 is 2.58 bits per heavy atom. The van der Waals surface area contributed by atoms with Crippen molar-refractivity contribution in [1.29, 1.82) is 0 Å². The van der Waals surface area contributed by atoms with Gasteiger partial charge < -0.3 is 13.9 Å². The first-order chi connectivity index (χ1) is 12.5. The van der Waals surface area contributed by atoms with E-state index < -0.39 is 17.7 Å². The lowest BCUT2D eigenvalue weighted by Crippen LogP contribution is -2.26. The molecule has 2 aromatic carbocycles.